The molecule has 0 saturated carbocycles. The highest BCUT2D eigenvalue weighted by Crippen LogP contribution is 2.39. The molecule has 158 valence electrons. The van der Waals surface area contributed by atoms with Crippen LogP contribution in [0.3, 0.4) is 0 Å². The molecule has 29 heavy (non-hydrogen) atoms. The zero-order chi connectivity index (χ0) is 20.4. The molecule has 7 heteroatoms. The van der Waals surface area contributed by atoms with Gasteiger partial charge in [-0.15, -0.1) is 0 Å². The zero-order valence-corrected chi connectivity index (χ0v) is 17.7. The monoisotopic (exact) mass is 399 g/mol. The first-order valence-electron chi connectivity index (χ1n) is 11.0. The highest BCUT2D eigenvalue weighted by molar-refractivity contribution is 6.07. The van der Waals surface area contributed by atoms with Crippen molar-refractivity contribution in [3.05, 3.63) is 23.8 Å². The van der Waals surface area contributed by atoms with E-state index in [-0.39, 0.29) is 17.9 Å². The number of piperazine rings is 1. The van der Waals surface area contributed by atoms with Crippen LogP contribution in [0.2, 0.25) is 0 Å². The molecular formula is C22H33N5O2. The second-order valence-electron chi connectivity index (χ2n) is 8.34. The van der Waals surface area contributed by atoms with Gasteiger partial charge < -0.3 is 20.0 Å². The molecule has 3 aliphatic rings. The minimum Gasteiger partial charge on any atom is -0.358 e. The Morgan fingerprint density at radius 1 is 1.07 bits per heavy atom. The number of hydrogen-bond donors (Lipinski definition) is 1. The molecular weight excluding hydrogens is 366 g/mol. The highest BCUT2D eigenvalue weighted by Gasteiger charge is 2.38. The summed E-state index contributed by atoms with van der Waals surface area (Å²) in [5.41, 5.74) is 2.54. The predicted molar refractivity (Wildman–Crippen MR) is 116 cm³/mol. The lowest BCUT2D eigenvalue weighted by atomic mass is 9.96. The van der Waals surface area contributed by atoms with E-state index >= 15 is 0 Å². The number of carbonyl (C=O) groups is 2. The van der Waals surface area contributed by atoms with Crippen molar-refractivity contribution in [1.29, 1.82) is 0 Å². The van der Waals surface area contributed by atoms with E-state index in [0.717, 1.165) is 76.5 Å². The third-order valence-electron chi connectivity index (χ3n) is 6.65. The number of benzene rings is 1. The molecule has 0 aliphatic carbocycles. The molecule has 7 nitrogen and oxygen atoms in total. The lowest BCUT2D eigenvalue weighted by Crippen LogP contribution is -2.54. The summed E-state index contributed by atoms with van der Waals surface area (Å²) in [6.45, 7) is 10.1. The standard InChI is InChI=1S/C22H33N5O2/c1-3-25-12-14-26(15-13-25)11-9-23-21(28)17-7-8-18-20(16-17)24(2)22(29)19-6-4-5-10-27(18)19/h7-8,16,19H,3-6,9-15H2,1-2H3,(H,23,28). The van der Waals surface area contributed by atoms with Crippen molar-refractivity contribution in [1.82, 2.24) is 15.1 Å². The fourth-order valence-corrected chi connectivity index (χ4v) is 4.75. The number of likely N-dealkylation sites (N-methyl/N-ethyl adjacent to an activating group) is 2. The molecule has 1 aromatic carbocycles. The summed E-state index contributed by atoms with van der Waals surface area (Å²) in [5.74, 6) is 0.0718. The molecule has 1 aromatic rings. The summed E-state index contributed by atoms with van der Waals surface area (Å²) >= 11 is 0. The molecule has 1 unspecified atom stereocenters. The molecule has 0 spiro atoms. The van der Waals surface area contributed by atoms with E-state index in [2.05, 4.69) is 26.9 Å². The van der Waals surface area contributed by atoms with Gasteiger partial charge in [0.1, 0.15) is 6.04 Å². The van der Waals surface area contributed by atoms with Gasteiger partial charge in [-0.3, -0.25) is 14.5 Å². The summed E-state index contributed by atoms with van der Waals surface area (Å²) in [5, 5.41) is 3.05. The van der Waals surface area contributed by atoms with Crippen LogP contribution in [-0.2, 0) is 4.79 Å². The van der Waals surface area contributed by atoms with Gasteiger partial charge >= 0.3 is 0 Å². The summed E-state index contributed by atoms with van der Waals surface area (Å²) in [6.07, 6.45) is 3.13. The van der Waals surface area contributed by atoms with Crippen LogP contribution in [0.25, 0.3) is 0 Å². The summed E-state index contributed by atoms with van der Waals surface area (Å²) in [7, 11) is 1.82. The minimum atomic E-state index is -0.0680. The molecule has 1 atom stereocenters. The van der Waals surface area contributed by atoms with Gasteiger partial charge in [-0.25, -0.2) is 0 Å². The number of hydrogen-bond acceptors (Lipinski definition) is 5. The lowest BCUT2D eigenvalue weighted by Gasteiger charge is -2.44. The van der Waals surface area contributed by atoms with Gasteiger partial charge in [0.15, 0.2) is 0 Å². The molecule has 0 aromatic heterocycles. The zero-order valence-electron chi connectivity index (χ0n) is 17.7. The van der Waals surface area contributed by atoms with Crippen molar-refractivity contribution in [3.63, 3.8) is 0 Å². The van der Waals surface area contributed by atoms with Crippen molar-refractivity contribution in [2.24, 2.45) is 0 Å². The van der Waals surface area contributed by atoms with Gasteiger partial charge in [0.25, 0.3) is 5.91 Å². The Labute approximate surface area is 173 Å². The summed E-state index contributed by atoms with van der Waals surface area (Å²) in [4.78, 5) is 34.3. The quantitative estimate of drug-likeness (QED) is 0.811. The van der Waals surface area contributed by atoms with Gasteiger partial charge in [0.05, 0.1) is 11.4 Å². The van der Waals surface area contributed by atoms with Gasteiger partial charge in [-0.2, -0.15) is 0 Å². The topological polar surface area (TPSA) is 59.1 Å². The number of carbonyl (C=O) groups excluding carboxylic acids is 2. The van der Waals surface area contributed by atoms with Gasteiger partial charge in [0.2, 0.25) is 5.91 Å². The molecule has 4 rings (SSSR count). The Hall–Kier alpha value is -2.12. The number of anilines is 2. The molecule has 2 saturated heterocycles. The Morgan fingerprint density at radius 3 is 2.59 bits per heavy atom. The number of amides is 2. The Morgan fingerprint density at radius 2 is 1.83 bits per heavy atom. The molecule has 1 N–H and O–H groups in total. The van der Waals surface area contributed by atoms with E-state index in [4.69, 9.17) is 0 Å². The number of nitrogens with one attached hydrogen (secondary N) is 1. The minimum absolute atomic E-state index is 0.0471. The summed E-state index contributed by atoms with van der Waals surface area (Å²) < 4.78 is 0. The van der Waals surface area contributed by atoms with Gasteiger partial charge in [0, 0.05) is 58.4 Å². The Kier molecular flexibility index (Phi) is 6.06. The second kappa shape index (κ2) is 8.71. The van der Waals surface area contributed by atoms with Crippen molar-refractivity contribution >= 4 is 23.2 Å². The average Bonchev–Trinajstić information content (AvgIpc) is 2.77. The van der Waals surface area contributed by atoms with E-state index in [1.807, 2.05) is 25.2 Å². The van der Waals surface area contributed by atoms with Crippen LogP contribution in [0.5, 0.6) is 0 Å². The molecule has 2 fully saturated rings. The maximum absolute atomic E-state index is 12.8. The van der Waals surface area contributed by atoms with E-state index in [1.165, 1.54) is 0 Å². The van der Waals surface area contributed by atoms with Crippen molar-refractivity contribution in [3.8, 4) is 0 Å². The lowest BCUT2D eigenvalue weighted by molar-refractivity contribution is -0.120. The third kappa shape index (κ3) is 4.12. The molecule has 3 aliphatic heterocycles. The van der Waals surface area contributed by atoms with Crippen molar-refractivity contribution in [2.75, 3.05) is 69.2 Å². The van der Waals surface area contributed by atoms with E-state index in [1.54, 1.807) is 4.90 Å². The van der Waals surface area contributed by atoms with Crippen LogP contribution < -0.4 is 15.1 Å². The smallest absolute Gasteiger partial charge is 0.251 e. The van der Waals surface area contributed by atoms with Crippen LogP contribution >= 0.6 is 0 Å². The Balaban J connectivity index is 1.37. The number of piperidine rings is 1. The van der Waals surface area contributed by atoms with E-state index < -0.39 is 0 Å². The first-order chi connectivity index (χ1) is 14.1. The molecule has 2 amide bonds. The normalized spacial score (nSPS) is 23.0. The molecule has 0 bridgehead atoms. The van der Waals surface area contributed by atoms with Crippen LogP contribution in [0.15, 0.2) is 18.2 Å². The SMILES string of the molecule is CCN1CCN(CCNC(=O)c2ccc3c(c2)N(C)C(=O)C2CCCCN32)CC1. The second-order valence-corrected chi connectivity index (χ2v) is 8.34. The van der Waals surface area contributed by atoms with E-state index in [9.17, 15) is 9.59 Å². The van der Waals surface area contributed by atoms with Crippen LogP contribution in [0.1, 0.15) is 36.5 Å². The first kappa shape index (κ1) is 20.2. The average molecular weight is 400 g/mol. The number of nitrogens with zero attached hydrogens (tertiary/aromatic N) is 4. The van der Waals surface area contributed by atoms with Crippen LogP contribution in [-0.4, -0.2) is 87.1 Å². The molecule has 3 heterocycles. The van der Waals surface area contributed by atoms with Gasteiger partial charge in [-0.1, -0.05) is 6.92 Å². The highest BCUT2D eigenvalue weighted by atomic mass is 16.2. The fraction of sp³-hybridized carbons (Fsp3) is 0.636. The largest absolute Gasteiger partial charge is 0.358 e. The number of fused-ring (bicyclic) bond motifs is 3. The predicted octanol–water partition coefficient (Wildman–Crippen LogP) is 1.39. The maximum Gasteiger partial charge on any atom is 0.251 e. The van der Waals surface area contributed by atoms with Crippen LogP contribution in [0, 0.1) is 0 Å². The van der Waals surface area contributed by atoms with Crippen LogP contribution in [0.4, 0.5) is 11.4 Å². The van der Waals surface area contributed by atoms with Crippen molar-refractivity contribution < 1.29 is 9.59 Å². The van der Waals surface area contributed by atoms with Crippen molar-refractivity contribution in [2.45, 2.75) is 32.2 Å². The maximum atomic E-state index is 12.8. The Bertz CT molecular complexity index is 760. The first-order valence-corrected chi connectivity index (χ1v) is 11.0. The van der Waals surface area contributed by atoms with Gasteiger partial charge in [-0.05, 0) is 44.0 Å². The third-order valence-corrected chi connectivity index (χ3v) is 6.65. The fourth-order valence-electron chi connectivity index (χ4n) is 4.75. The summed E-state index contributed by atoms with van der Waals surface area (Å²) in [6, 6.07) is 5.72. The number of rotatable bonds is 5. The molecule has 0 radical (unpaired) electrons. The van der Waals surface area contributed by atoms with E-state index in [0.29, 0.717) is 12.1 Å².